The van der Waals surface area contributed by atoms with Crippen LogP contribution in [0.3, 0.4) is 0 Å². The van der Waals surface area contributed by atoms with Crippen molar-refractivity contribution in [2.75, 3.05) is 0 Å². The van der Waals surface area contributed by atoms with Gasteiger partial charge >= 0.3 is 5.97 Å². The quantitative estimate of drug-likeness (QED) is 0.311. The molecule has 0 bridgehead atoms. The summed E-state index contributed by atoms with van der Waals surface area (Å²) >= 11 is 0. The van der Waals surface area contributed by atoms with Gasteiger partial charge in [-0.25, -0.2) is 0 Å². The Bertz CT molecular complexity index is 952. The van der Waals surface area contributed by atoms with Gasteiger partial charge in [0.15, 0.2) is 0 Å². The summed E-state index contributed by atoms with van der Waals surface area (Å²) in [6.45, 7) is 15.1. The highest BCUT2D eigenvalue weighted by Gasteiger charge is 2.78. The molecule has 1 spiro atoms. The van der Waals surface area contributed by atoms with E-state index in [9.17, 15) is 15.0 Å². The van der Waals surface area contributed by atoms with Crippen LogP contribution in [0.5, 0.6) is 0 Å². The molecule has 0 radical (unpaired) electrons. The van der Waals surface area contributed by atoms with E-state index in [1.54, 1.807) is 0 Å². The van der Waals surface area contributed by atoms with E-state index < -0.39 is 17.3 Å². The Morgan fingerprint density at radius 2 is 1.83 bits per heavy atom. The fraction of sp³-hybridized carbons (Fsp3) is 0.833. The van der Waals surface area contributed by atoms with Crippen molar-refractivity contribution in [1.82, 2.24) is 0 Å². The summed E-state index contributed by atoms with van der Waals surface area (Å²) in [5.41, 5.74) is 0.150. The van der Waals surface area contributed by atoms with Gasteiger partial charge in [-0.15, -0.1) is 0 Å². The van der Waals surface area contributed by atoms with Gasteiger partial charge in [-0.3, -0.25) is 4.79 Å². The second kappa shape index (κ2) is 8.16. The number of hydrogen-bond acceptors (Lipinski definition) is 5. The maximum Gasteiger partial charge on any atom is 0.302 e. The molecule has 2 saturated carbocycles. The average Bonchev–Trinajstić information content (AvgIpc) is 3.44. The molecule has 196 valence electrons. The van der Waals surface area contributed by atoms with E-state index in [0.29, 0.717) is 36.5 Å². The summed E-state index contributed by atoms with van der Waals surface area (Å²) in [7, 11) is 0. The number of esters is 1. The van der Waals surface area contributed by atoms with E-state index in [4.69, 9.17) is 9.47 Å². The van der Waals surface area contributed by atoms with Crippen LogP contribution >= 0.6 is 0 Å². The van der Waals surface area contributed by atoms with Crippen molar-refractivity contribution < 1.29 is 24.5 Å². The maximum absolute atomic E-state index is 12.5. The lowest BCUT2D eigenvalue weighted by Crippen LogP contribution is -2.60. The highest BCUT2D eigenvalue weighted by molar-refractivity contribution is 5.66. The van der Waals surface area contributed by atoms with Gasteiger partial charge in [0.1, 0.15) is 23.9 Å². The van der Waals surface area contributed by atoms with E-state index in [2.05, 4.69) is 53.7 Å². The summed E-state index contributed by atoms with van der Waals surface area (Å²) in [6, 6.07) is 0. The van der Waals surface area contributed by atoms with Gasteiger partial charge in [0.2, 0.25) is 0 Å². The minimum Gasteiger partial charge on any atom is -0.462 e. The zero-order chi connectivity index (χ0) is 25.6. The summed E-state index contributed by atoms with van der Waals surface area (Å²) in [5, 5.41) is 24.1. The van der Waals surface area contributed by atoms with E-state index in [1.807, 2.05) is 0 Å². The highest BCUT2D eigenvalue weighted by atomic mass is 16.6. The number of ether oxygens (including phenoxy) is 2. The standard InChI is InChI=1S/C30H46O5/c1-17(2)18(3)8-9-19(4)22-12-15-29(33)24-23(11-14-27(22,29)6)28(7)13-10-21(34-20(5)31)16-30(28)26(35-30)25(24)32/h8-9,17-19,21-22,25-26,32-33H,10-16H2,1-7H3/b9-8+/t18-,19+,21-,22+,25+,26-,27+,28+,29+,30-/m0/s1. The van der Waals surface area contributed by atoms with Crippen LogP contribution in [0, 0.1) is 34.5 Å². The van der Waals surface area contributed by atoms with Crippen LogP contribution < -0.4 is 0 Å². The van der Waals surface area contributed by atoms with Crippen LogP contribution in [0.4, 0.5) is 0 Å². The summed E-state index contributed by atoms with van der Waals surface area (Å²) in [6.07, 6.45) is 9.26. The van der Waals surface area contributed by atoms with Crippen LogP contribution in [0.1, 0.15) is 93.4 Å². The third-order valence-corrected chi connectivity index (χ3v) is 11.4. The predicted octanol–water partition coefficient (Wildman–Crippen LogP) is 5.34. The van der Waals surface area contributed by atoms with Crippen LogP contribution in [-0.4, -0.2) is 45.7 Å². The minimum absolute atomic E-state index is 0.159. The predicted molar refractivity (Wildman–Crippen MR) is 135 cm³/mol. The number of rotatable bonds is 5. The first kappa shape index (κ1) is 25.5. The summed E-state index contributed by atoms with van der Waals surface area (Å²) in [4.78, 5) is 11.6. The molecule has 5 aliphatic rings. The van der Waals surface area contributed by atoms with Gasteiger partial charge < -0.3 is 19.7 Å². The summed E-state index contributed by atoms with van der Waals surface area (Å²) < 4.78 is 11.9. The second-order valence-electron chi connectivity index (χ2n) is 13.3. The molecule has 5 nitrogen and oxygen atoms in total. The lowest BCUT2D eigenvalue weighted by atomic mass is 9.48. The number of carbonyl (C=O) groups excluding carboxylic acids is 1. The van der Waals surface area contributed by atoms with E-state index in [0.717, 1.165) is 37.7 Å². The summed E-state index contributed by atoms with van der Waals surface area (Å²) in [5.74, 6) is 1.65. The Balaban J connectivity index is 1.47. The fourth-order valence-electron chi connectivity index (χ4n) is 8.77. The molecule has 10 atom stereocenters. The first-order chi connectivity index (χ1) is 16.3. The molecule has 0 aromatic heterocycles. The molecule has 5 rings (SSSR count). The Morgan fingerprint density at radius 1 is 1.11 bits per heavy atom. The van der Waals surface area contributed by atoms with Crippen LogP contribution in [0.15, 0.2) is 23.3 Å². The number of allylic oxidation sites excluding steroid dienone is 2. The van der Waals surface area contributed by atoms with Gasteiger partial charge in [0, 0.05) is 24.2 Å². The highest BCUT2D eigenvalue weighted by Crippen LogP contribution is 2.73. The van der Waals surface area contributed by atoms with Crippen molar-refractivity contribution in [3.05, 3.63) is 23.3 Å². The maximum atomic E-state index is 12.5. The van der Waals surface area contributed by atoms with Crippen molar-refractivity contribution in [2.24, 2.45) is 34.5 Å². The average molecular weight is 487 g/mol. The number of aliphatic hydroxyl groups excluding tert-OH is 1. The van der Waals surface area contributed by atoms with E-state index in [-0.39, 0.29) is 29.0 Å². The molecule has 1 heterocycles. The molecule has 1 saturated heterocycles. The number of carbonyl (C=O) groups is 1. The lowest BCUT2D eigenvalue weighted by Gasteiger charge is -2.57. The Hall–Kier alpha value is -1.17. The Kier molecular flexibility index (Phi) is 5.94. The normalized spacial score (nSPS) is 48.2. The lowest BCUT2D eigenvalue weighted by molar-refractivity contribution is -0.151. The van der Waals surface area contributed by atoms with Crippen molar-refractivity contribution in [3.8, 4) is 0 Å². The third kappa shape index (κ3) is 3.40. The minimum atomic E-state index is -0.996. The van der Waals surface area contributed by atoms with Gasteiger partial charge in [0.05, 0.1) is 5.60 Å². The number of hydrogen-bond donors (Lipinski definition) is 2. The largest absolute Gasteiger partial charge is 0.462 e. The molecule has 1 aliphatic heterocycles. The van der Waals surface area contributed by atoms with Gasteiger partial charge in [-0.05, 0) is 67.8 Å². The number of aliphatic hydroxyl groups is 2. The molecule has 35 heavy (non-hydrogen) atoms. The topological polar surface area (TPSA) is 79.3 Å². The molecule has 2 N–H and O–H groups in total. The first-order valence-electron chi connectivity index (χ1n) is 14.0. The zero-order valence-electron chi connectivity index (χ0n) is 22.8. The Labute approximate surface area is 211 Å². The molecule has 0 unspecified atom stereocenters. The van der Waals surface area contributed by atoms with E-state index >= 15 is 0 Å². The van der Waals surface area contributed by atoms with E-state index in [1.165, 1.54) is 12.5 Å². The van der Waals surface area contributed by atoms with Crippen LogP contribution in [-0.2, 0) is 14.3 Å². The SMILES string of the molecule is CC(=O)O[C@H]1CC[C@]2(C)C3=C([C@@H](O)[C@@H]4O[C@@]42C1)[C@]1(O)CC[C@H]([C@H](C)/C=C/[C@H](C)C(C)C)[C@@]1(C)CC3. The molecular formula is C30H46O5. The van der Waals surface area contributed by atoms with Crippen molar-refractivity contribution in [2.45, 2.75) is 123 Å². The molecule has 0 amide bonds. The van der Waals surface area contributed by atoms with Crippen LogP contribution in [0.25, 0.3) is 0 Å². The number of epoxide rings is 1. The zero-order valence-corrected chi connectivity index (χ0v) is 22.8. The number of fused-ring (bicyclic) bond motifs is 3. The fourth-order valence-corrected chi connectivity index (χ4v) is 8.77. The van der Waals surface area contributed by atoms with Crippen LogP contribution in [0.2, 0.25) is 0 Å². The van der Waals surface area contributed by atoms with Crippen molar-refractivity contribution >= 4 is 5.97 Å². The van der Waals surface area contributed by atoms with Gasteiger partial charge in [0.25, 0.3) is 0 Å². The van der Waals surface area contributed by atoms with Crippen molar-refractivity contribution in [3.63, 3.8) is 0 Å². The van der Waals surface area contributed by atoms with Crippen molar-refractivity contribution in [1.29, 1.82) is 0 Å². The van der Waals surface area contributed by atoms with Gasteiger partial charge in [-0.2, -0.15) is 0 Å². The molecular weight excluding hydrogens is 440 g/mol. The molecule has 4 aliphatic carbocycles. The monoisotopic (exact) mass is 486 g/mol. The smallest absolute Gasteiger partial charge is 0.302 e. The molecule has 5 heteroatoms. The molecule has 0 aromatic rings. The van der Waals surface area contributed by atoms with Gasteiger partial charge in [-0.1, -0.05) is 59.3 Å². The molecule has 3 fully saturated rings. The first-order valence-corrected chi connectivity index (χ1v) is 14.0. The second-order valence-corrected chi connectivity index (χ2v) is 13.3. The molecule has 0 aromatic carbocycles. The Morgan fingerprint density at radius 3 is 2.49 bits per heavy atom. The third-order valence-electron chi connectivity index (χ3n) is 11.4.